The van der Waals surface area contributed by atoms with Gasteiger partial charge in [0.1, 0.15) is 0 Å². The summed E-state index contributed by atoms with van der Waals surface area (Å²) < 4.78 is 0. The van der Waals surface area contributed by atoms with E-state index >= 15 is 0 Å². The molecule has 0 spiro atoms. The summed E-state index contributed by atoms with van der Waals surface area (Å²) >= 11 is 0. The van der Waals surface area contributed by atoms with Gasteiger partial charge in [0.25, 0.3) is 0 Å². The van der Waals surface area contributed by atoms with Gasteiger partial charge < -0.3 is 0 Å². The van der Waals surface area contributed by atoms with Gasteiger partial charge in [0.2, 0.25) is 0 Å². The van der Waals surface area contributed by atoms with E-state index in [1.54, 1.807) is 0 Å². The van der Waals surface area contributed by atoms with Gasteiger partial charge in [0.15, 0.2) is 0 Å². The van der Waals surface area contributed by atoms with E-state index in [9.17, 15) is 0 Å². The Bertz CT molecular complexity index is 817. The van der Waals surface area contributed by atoms with Gasteiger partial charge in [-0.2, -0.15) is 5.26 Å². The first kappa shape index (κ1) is 18.0. The summed E-state index contributed by atoms with van der Waals surface area (Å²) in [4.78, 5) is 0. The first-order valence-electron chi connectivity index (χ1n) is 9.50. The van der Waals surface area contributed by atoms with Crippen LogP contribution < -0.4 is 0 Å². The second kappa shape index (κ2) is 9.07. The minimum absolute atomic E-state index is 0.246. The van der Waals surface area contributed by atoms with Gasteiger partial charge in [-0.05, 0) is 67.3 Å². The van der Waals surface area contributed by atoms with Gasteiger partial charge in [0, 0.05) is 17.4 Å². The minimum Gasteiger partial charge on any atom is -0.198 e. The molecule has 130 valence electrons. The molecule has 1 heteroatoms. The third kappa shape index (κ3) is 4.87. The Hall–Kier alpha value is -2.77. The maximum absolute atomic E-state index is 8.97. The fourth-order valence-corrected chi connectivity index (χ4v) is 3.43. The average Bonchev–Trinajstić information content (AvgIpc) is 2.72. The minimum atomic E-state index is 0.246. The largest absolute Gasteiger partial charge is 0.198 e. The standard InChI is InChI=1S/C25H25N/c1-2-3-4-20-11-15-24(16-12-20)25-17-13-22(14-18-25)6-5-21-7-9-23(19-26)10-8-21/h2,11-18,21,23H,1,3-4,7-10H2. The van der Waals surface area contributed by atoms with Gasteiger partial charge >= 0.3 is 0 Å². The fraction of sp³-hybridized carbons (Fsp3) is 0.320. The van der Waals surface area contributed by atoms with Crippen molar-refractivity contribution in [3.05, 3.63) is 72.3 Å². The van der Waals surface area contributed by atoms with Gasteiger partial charge in [-0.15, -0.1) is 6.58 Å². The molecule has 26 heavy (non-hydrogen) atoms. The summed E-state index contributed by atoms with van der Waals surface area (Å²) in [6.45, 7) is 3.78. The Balaban J connectivity index is 1.61. The number of aryl methyl sites for hydroxylation is 1. The molecule has 0 saturated heterocycles. The van der Waals surface area contributed by atoms with Crippen molar-refractivity contribution in [1.29, 1.82) is 5.26 Å². The van der Waals surface area contributed by atoms with Crippen molar-refractivity contribution in [2.45, 2.75) is 38.5 Å². The van der Waals surface area contributed by atoms with E-state index in [2.05, 4.69) is 73.0 Å². The first-order valence-corrected chi connectivity index (χ1v) is 9.50. The third-order valence-electron chi connectivity index (χ3n) is 5.14. The third-order valence-corrected chi connectivity index (χ3v) is 5.14. The second-order valence-electron chi connectivity index (χ2n) is 7.05. The smallest absolute Gasteiger partial charge is 0.0655 e. The highest BCUT2D eigenvalue weighted by atomic mass is 14.3. The number of nitriles is 1. The molecule has 0 radical (unpaired) electrons. The molecule has 0 bridgehead atoms. The SMILES string of the molecule is C=CCCc1ccc(-c2ccc(C#CC3CCC(C#N)CC3)cc2)cc1. The Labute approximate surface area is 157 Å². The second-order valence-corrected chi connectivity index (χ2v) is 7.05. The van der Waals surface area contributed by atoms with Crippen molar-refractivity contribution in [2.24, 2.45) is 11.8 Å². The zero-order valence-electron chi connectivity index (χ0n) is 15.2. The van der Waals surface area contributed by atoms with Crippen LogP contribution in [0.5, 0.6) is 0 Å². The number of allylic oxidation sites excluding steroid dienone is 1. The van der Waals surface area contributed by atoms with Crippen LogP contribution in [0.3, 0.4) is 0 Å². The summed E-state index contributed by atoms with van der Waals surface area (Å²) in [5, 5.41) is 8.97. The van der Waals surface area contributed by atoms with Crippen molar-refractivity contribution in [1.82, 2.24) is 0 Å². The molecule has 1 fully saturated rings. The lowest BCUT2D eigenvalue weighted by atomic mass is 9.83. The van der Waals surface area contributed by atoms with Crippen LogP contribution in [-0.4, -0.2) is 0 Å². The van der Waals surface area contributed by atoms with Crippen molar-refractivity contribution >= 4 is 0 Å². The predicted octanol–water partition coefficient (Wildman–Crippen LogP) is 6.15. The van der Waals surface area contributed by atoms with Crippen molar-refractivity contribution in [3.63, 3.8) is 0 Å². The van der Waals surface area contributed by atoms with E-state index in [4.69, 9.17) is 5.26 Å². The normalized spacial score (nSPS) is 19.0. The molecule has 0 heterocycles. The van der Waals surface area contributed by atoms with Crippen LogP contribution >= 0.6 is 0 Å². The number of benzene rings is 2. The molecule has 2 aromatic carbocycles. The zero-order chi connectivity index (χ0) is 18.2. The molecule has 1 saturated carbocycles. The van der Waals surface area contributed by atoms with E-state index in [-0.39, 0.29) is 5.92 Å². The highest BCUT2D eigenvalue weighted by Crippen LogP contribution is 2.28. The van der Waals surface area contributed by atoms with Crippen LogP contribution in [0.15, 0.2) is 61.2 Å². The lowest BCUT2D eigenvalue weighted by Crippen LogP contribution is -2.11. The van der Waals surface area contributed by atoms with E-state index in [0.29, 0.717) is 5.92 Å². The predicted molar refractivity (Wildman–Crippen MR) is 108 cm³/mol. The summed E-state index contributed by atoms with van der Waals surface area (Å²) in [5.74, 6) is 7.41. The Morgan fingerprint density at radius 1 is 0.885 bits per heavy atom. The molecule has 3 rings (SSSR count). The Morgan fingerprint density at radius 3 is 2.04 bits per heavy atom. The molecule has 1 aliphatic rings. The van der Waals surface area contributed by atoms with E-state index in [1.807, 2.05) is 6.08 Å². The number of hydrogen-bond acceptors (Lipinski definition) is 1. The van der Waals surface area contributed by atoms with Crippen molar-refractivity contribution in [3.8, 4) is 29.0 Å². The van der Waals surface area contributed by atoms with Crippen LogP contribution in [0.25, 0.3) is 11.1 Å². The van der Waals surface area contributed by atoms with E-state index in [0.717, 1.165) is 44.1 Å². The van der Waals surface area contributed by atoms with Crippen LogP contribution in [0.2, 0.25) is 0 Å². The fourth-order valence-electron chi connectivity index (χ4n) is 3.43. The van der Waals surface area contributed by atoms with E-state index in [1.165, 1.54) is 16.7 Å². The van der Waals surface area contributed by atoms with Crippen LogP contribution in [0.4, 0.5) is 0 Å². The number of hydrogen-bond donors (Lipinski definition) is 0. The average molecular weight is 339 g/mol. The molecule has 0 unspecified atom stereocenters. The van der Waals surface area contributed by atoms with Gasteiger partial charge in [-0.3, -0.25) is 0 Å². The van der Waals surface area contributed by atoms with Crippen molar-refractivity contribution < 1.29 is 0 Å². The Morgan fingerprint density at radius 2 is 1.46 bits per heavy atom. The molecule has 0 aliphatic heterocycles. The van der Waals surface area contributed by atoms with Gasteiger partial charge in [-0.1, -0.05) is 54.3 Å². The summed E-state index contributed by atoms with van der Waals surface area (Å²) in [5.41, 5.74) is 4.88. The Kier molecular flexibility index (Phi) is 6.29. The molecular weight excluding hydrogens is 314 g/mol. The lowest BCUT2D eigenvalue weighted by molar-refractivity contribution is 0.371. The molecule has 1 nitrogen and oxygen atoms in total. The molecule has 0 aromatic heterocycles. The molecule has 0 N–H and O–H groups in total. The number of rotatable bonds is 4. The lowest BCUT2D eigenvalue weighted by Gasteiger charge is -2.20. The zero-order valence-corrected chi connectivity index (χ0v) is 15.2. The highest BCUT2D eigenvalue weighted by molar-refractivity contribution is 5.64. The topological polar surface area (TPSA) is 23.8 Å². The quantitative estimate of drug-likeness (QED) is 0.484. The summed E-state index contributed by atoms with van der Waals surface area (Å²) in [6, 6.07) is 19.7. The summed E-state index contributed by atoms with van der Waals surface area (Å²) in [7, 11) is 0. The molecule has 0 amide bonds. The van der Waals surface area contributed by atoms with Crippen LogP contribution in [-0.2, 0) is 6.42 Å². The van der Waals surface area contributed by atoms with Crippen LogP contribution in [0, 0.1) is 35.0 Å². The van der Waals surface area contributed by atoms with Crippen LogP contribution in [0.1, 0.15) is 43.2 Å². The molecular formula is C25H25N. The van der Waals surface area contributed by atoms with Gasteiger partial charge in [0.05, 0.1) is 6.07 Å². The molecule has 0 atom stereocenters. The maximum Gasteiger partial charge on any atom is 0.0655 e. The molecule has 2 aromatic rings. The highest BCUT2D eigenvalue weighted by Gasteiger charge is 2.18. The monoisotopic (exact) mass is 339 g/mol. The van der Waals surface area contributed by atoms with E-state index < -0.39 is 0 Å². The number of nitrogens with zero attached hydrogens (tertiary/aromatic N) is 1. The molecule has 1 aliphatic carbocycles. The van der Waals surface area contributed by atoms with Crippen molar-refractivity contribution in [2.75, 3.05) is 0 Å². The van der Waals surface area contributed by atoms with Gasteiger partial charge in [-0.25, -0.2) is 0 Å². The maximum atomic E-state index is 8.97. The summed E-state index contributed by atoms with van der Waals surface area (Å²) in [6.07, 6.45) is 8.14. The first-order chi connectivity index (χ1) is 12.8.